The van der Waals surface area contributed by atoms with Gasteiger partial charge in [0.15, 0.2) is 6.10 Å². The van der Waals surface area contributed by atoms with Crippen LogP contribution in [-0.2, 0) is 9.53 Å². The third-order valence-electron chi connectivity index (χ3n) is 1.58. The first-order valence-electron chi connectivity index (χ1n) is 4.17. The summed E-state index contributed by atoms with van der Waals surface area (Å²) in [7, 11) is 1.31. The number of nitrogens with zero attached hydrogens (tertiary/aromatic N) is 2. The maximum absolute atomic E-state index is 11.0. The van der Waals surface area contributed by atoms with E-state index in [2.05, 4.69) is 14.7 Å². The van der Waals surface area contributed by atoms with Crippen molar-refractivity contribution >= 4 is 5.97 Å². The highest BCUT2D eigenvalue weighted by Gasteiger charge is 2.15. The maximum atomic E-state index is 11.0. The lowest BCUT2D eigenvalue weighted by molar-refractivity contribution is -0.148. The van der Waals surface area contributed by atoms with Gasteiger partial charge in [0.2, 0.25) is 5.88 Å². The smallest absolute Gasteiger partial charge is 0.346 e. The first-order valence-corrected chi connectivity index (χ1v) is 4.17. The van der Waals surface area contributed by atoms with Crippen molar-refractivity contribution in [3.05, 3.63) is 18.1 Å². The number of aromatic nitrogens is 2. The Hall–Kier alpha value is -1.65. The Bertz CT molecular complexity index is 328. The van der Waals surface area contributed by atoms with Gasteiger partial charge in [0, 0.05) is 12.3 Å². The van der Waals surface area contributed by atoms with E-state index in [0.717, 1.165) is 0 Å². The van der Waals surface area contributed by atoms with Crippen LogP contribution in [0, 0.1) is 6.92 Å². The number of carbonyl (C=O) groups is 1. The van der Waals surface area contributed by atoms with Crippen molar-refractivity contribution in [1.29, 1.82) is 0 Å². The fourth-order valence-corrected chi connectivity index (χ4v) is 0.895. The Morgan fingerprint density at radius 1 is 1.57 bits per heavy atom. The molecule has 1 atom stereocenters. The molecule has 0 bridgehead atoms. The fraction of sp³-hybridized carbons (Fsp3) is 0.444. The molecule has 0 radical (unpaired) electrons. The number of hydrogen-bond acceptors (Lipinski definition) is 5. The lowest BCUT2D eigenvalue weighted by atomic mass is 10.4. The largest absolute Gasteiger partial charge is 0.466 e. The molecule has 0 aliphatic heterocycles. The molecule has 0 N–H and O–H groups in total. The fourth-order valence-electron chi connectivity index (χ4n) is 0.895. The molecule has 0 amide bonds. The summed E-state index contributed by atoms with van der Waals surface area (Å²) in [5.74, 6) is 0.538. The summed E-state index contributed by atoms with van der Waals surface area (Å²) in [5, 5.41) is 0. The van der Waals surface area contributed by atoms with Crippen LogP contribution in [-0.4, -0.2) is 29.2 Å². The second kappa shape index (κ2) is 4.55. The van der Waals surface area contributed by atoms with E-state index in [-0.39, 0.29) is 0 Å². The number of esters is 1. The van der Waals surface area contributed by atoms with Crippen molar-refractivity contribution in [2.75, 3.05) is 7.11 Å². The zero-order valence-corrected chi connectivity index (χ0v) is 8.35. The van der Waals surface area contributed by atoms with Gasteiger partial charge < -0.3 is 9.47 Å². The minimum absolute atomic E-state index is 0.371. The van der Waals surface area contributed by atoms with Gasteiger partial charge in [-0.05, 0) is 13.8 Å². The molecular formula is C9H12N2O3. The van der Waals surface area contributed by atoms with Crippen LogP contribution in [0.25, 0.3) is 0 Å². The van der Waals surface area contributed by atoms with Crippen molar-refractivity contribution in [1.82, 2.24) is 9.97 Å². The minimum Gasteiger partial charge on any atom is -0.466 e. The second-order valence-electron chi connectivity index (χ2n) is 2.73. The van der Waals surface area contributed by atoms with E-state index in [4.69, 9.17) is 4.74 Å². The van der Waals surface area contributed by atoms with Gasteiger partial charge >= 0.3 is 5.97 Å². The van der Waals surface area contributed by atoms with Gasteiger partial charge in [-0.1, -0.05) is 0 Å². The molecular weight excluding hydrogens is 184 g/mol. The Labute approximate surface area is 82.1 Å². The number of hydrogen-bond donors (Lipinski definition) is 0. The van der Waals surface area contributed by atoms with E-state index in [0.29, 0.717) is 11.7 Å². The van der Waals surface area contributed by atoms with Crippen molar-refractivity contribution in [2.24, 2.45) is 0 Å². The summed E-state index contributed by atoms with van der Waals surface area (Å²) in [5.41, 5.74) is 0. The highest BCUT2D eigenvalue weighted by molar-refractivity contribution is 5.74. The average molecular weight is 196 g/mol. The van der Waals surface area contributed by atoms with E-state index in [9.17, 15) is 4.79 Å². The van der Waals surface area contributed by atoms with Gasteiger partial charge in [-0.3, -0.25) is 0 Å². The first-order chi connectivity index (χ1) is 6.63. The molecule has 1 rings (SSSR count). The molecule has 14 heavy (non-hydrogen) atoms. The van der Waals surface area contributed by atoms with Gasteiger partial charge in [-0.15, -0.1) is 0 Å². The summed E-state index contributed by atoms with van der Waals surface area (Å²) in [6.07, 6.45) is 0.913. The predicted molar refractivity (Wildman–Crippen MR) is 48.9 cm³/mol. The summed E-state index contributed by atoms with van der Waals surface area (Å²) < 4.78 is 9.73. The summed E-state index contributed by atoms with van der Waals surface area (Å²) in [4.78, 5) is 18.9. The van der Waals surface area contributed by atoms with Gasteiger partial charge in [0.05, 0.1) is 7.11 Å². The SMILES string of the molecule is COC(=O)C(C)Oc1ccnc(C)n1. The summed E-state index contributed by atoms with van der Waals surface area (Å²) in [6, 6.07) is 1.59. The Kier molecular flexibility index (Phi) is 3.39. The molecule has 1 aromatic heterocycles. The lowest BCUT2D eigenvalue weighted by Gasteiger charge is -2.10. The second-order valence-corrected chi connectivity index (χ2v) is 2.73. The quantitative estimate of drug-likeness (QED) is 0.667. The molecule has 5 nitrogen and oxygen atoms in total. The number of methoxy groups -OCH3 is 1. The van der Waals surface area contributed by atoms with Crippen molar-refractivity contribution < 1.29 is 14.3 Å². The van der Waals surface area contributed by atoms with Crippen molar-refractivity contribution in [2.45, 2.75) is 20.0 Å². The monoisotopic (exact) mass is 196 g/mol. The maximum Gasteiger partial charge on any atom is 0.346 e. The molecule has 0 fully saturated rings. The summed E-state index contributed by atoms with van der Waals surface area (Å²) in [6.45, 7) is 3.35. The third kappa shape index (κ3) is 2.69. The Morgan fingerprint density at radius 2 is 2.29 bits per heavy atom. The Balaban J connectivity index is 2.64. The molecule has 0 aliphatic rings. The van der Waals surface area contributed by atoms with Crippen LogP contribution in [0.15, 0.2) is 12.3 Å². The lowest BCUT2D eigenvalue weighted by Crippen LogP contribution is -2.25. The standard InChI is InChI=1S/C9H12N2O3/c1-6(9(12)13-3)14-8-4-5-10-7(2)11-8/h4-6H,1-3H3. The van der Waals surface area contributed by atoms with Crippen LogP contribution in [0.1, 0.15) is 12.7 Å². The summed E-state index contributed by atoms with van der Waals surface area (Å²) >= 11 is 0. The first kappa shape index (κ1) is 10.4. The zero-order valence-electron chi connectivity index (χ0n) is 8.35. The molecule has 0 aliphatic carbocycles. The van der Waals surface area contributed by atoms with Crippen LogP contribution in [0.4, 0.5) is 0 Å². The van der Waals surface area contributed by atoms with Crippen LogP contribution in [0.2, 0.25) is 0 Å². The number of rotatable bonds is 3. The molecule has 0 aromatic carbocycles. The molecule has 1 aromatic rings. The van der Waals surface area contributed by atoms with E-state index in [1.165, 1.54) is 7.11 Å². The van der Waals surface area contributed by atoms with Gasteiger partial charge in [0.1, 0.15) is 5.82 Å². The van der Waals surface area contributed by atoms with Crippen LogP contribution < -0.4 is 4.74 Å². The molecule has 0 saturated carbocycles. The highest BCUT2D eigenvalue weighted by atomic mass is 16.6. The van der Waals surface area contributed by atoms with E-state index in [1.54, 1.807) is 26.1 Å². The topological polar surface area (TPSA) is 61.3 Å². The molecule has 1 unspecified atom stereocenters. The third-order valence-corrected chi connectivity index (χ3v) is 1.58. The molecule has 0 saturated heterocycles. The zero-order chi connectivity index (χ0) is 10.6. The molecule has 5 heteroatoms. The predicted octanol–water partition coefficient (Wildman–Crippen LogP) is 0.725. The van der Waals surface area contributed by atoms with Crippen LogP contribution in [0.3, 0.4) is 0 Å². The molecule has 0 spiro atoms. The number of carbonyl (C=O) groups excluding carboxylic acids is 1. The molecule has 1 heterocycles. The van der Waals surface area contributed by atoms with Gasteiger partial charge in [-0.2, -0.15) is 4.98 Å². The van der Waals surface area contributed by atoms with E-state index >= 15 is 0 Å². The van der Waals surface area contributed by atoms with Crippen molar-refractivity contribution in [3.63, 3.8) is 0 Å². The normalized spacial score (nSPS) is 11.9. The van der Waals surface area contributed by atoms with E-state index in [1.807, 2.05) is 0 Å². The molecule has 76 valence electrons. The Morgan fingerprint density at radius 3 is 2.86 bits per heavy atom. The average Bonchev–Trinajstić information content (AvgIpc) is 2.16. The number of ether oxygens (including phenoxy) is 2. The minimum atomic E-state index is -0.658. The van der Waals surface area contributed by atoms with Crippen LogP contribution in [0.5, 0.6) is 5.88 Å². The van der Waals surface area contributed by atoms with Gasteiger partial charge in [-0.25, -0.2) is 9.78 Å². The highest BCUT2D eigenvalue weighted by Crippen LogP contribution is 2.07. The van der Waals surface area contributed by atoms with Crippen LogP contribution >= 0.6 is 0 Å². The number of aryl methyl sites for hydroxylation is 1. The van der Waals surface area contributed by atoms with Crippen molar-refractivity contribution in [3.8, 4) is 5.88 Å². The van der Waals surface area contributed by atoms with Gasteiger partial charge in [0.25, 0.3) is 0 Å². The van der Waals surface area contributed by atoms with E-state index < -0.39 is 12.1 Å².